The minimum atomic E-state index is -2.67. The zero-order chi connectivity index (χ0) is 28.0. The lowest BCUT2D eigenvalue weighted by Gasteiger charge is -2.48. The van der Waals surface area contributed by atoms with Gasteiger partial charge in [0.25, 0.3) is 0 Å². The number of H-pyrrole nitrogens is 1. The van der Waals surface area contributed by atoms with Crippen LogP contribution in [0.1, 0.15) is 30.7 Å². The number of fused-ring (bicyclic) bond motifs is 1. The fourth-order valence-corrected chi connectivity index (χ4v) is 5.60. The number of aromatic nitrogens is 7. The normalized spacial score (nSPS) is 15.4. The van der Waals surface area contributed by atoms with Crippen LogP contribution in [0.3, 0.4) is 0 Å². The van der Waals surface area contributed by atoms with E-state index in [0.29, 0.717) is 68.3 Å². The largest absolute Gasteiger partial charge is 0.486 e. The van der Waals surface area contributed by atoms with Gasteiger partial charge in [-0.2, -0.15) is 19.0 Å². The van der Waals surface area contributed by atoms with Crippen molar-refractivity contribution in [3.05, 3.63) is 76.3 Å². The van der Waals surface area contributed by atoms with Crippen molar-refractivity contribution in [2.45, 2.75) is 31.5 Å². The van der Waals surface area contributed by atoms with Gasteiger partial charge in [-0.3, -0.25) is 10.1 Å². The quantitative estimate of drug-likeness (QED) is 0.254. The van der Waals surface area contributed by atoms with Gasteiger partial charge in [-0.25, -0.2) is 4.68 Å². The van der Waals surface area contributed by atoms with Gasteiger partial charge in [-0.05, 0) is 49.2 Å². The number of hydrogen-bond donors (Lipinski definition) is 2. The van der Waals surface area contributed by atoms with E-state index in [1.54, 1.807) is 0 Å². The molecule has 3 N–H and O–H groups in total. The van der Waals surface area contributed by atoms with E-state index >= 15 is 0 Å². The fraction of sp³-hybridized carbons (Fsp3) is 0.269. The number of ether oxygens (including phenoxy) is 1. The number of pyridine rings is 1. The van der Waals surface area contributed by atoms with Gasteiger partial charge >= 0.3 is 6.55 Å². The van der Waals surface area contributed by atoms with Crippen molar-refractivity contribution >= 4 is 39.9 Å². The summed E-state index contributed by atoms with van der Waals surface area (Å²) in [5.41, 5.74) is 9.24. The Morgan fingerprint density at radius 2 is 1.88 bits per heavy atom. The lowest BCUT2D eigenvalue weighted by Crippen LogP contribution is -2.68. The highest BCUT2D eigenvalue weighted by Crippen LogP contribution is 2.35. The first-order valence-corrected chi connectivity index (χ1v) is 13.1. The molecule has 1 aliphatic rings. The molecule has 0 saturated carbocycles. The van der Waals surface area contributed by atoms with E-state index in [1.807, 2.05) is 42.2 Å². The van der Waals surface area contributed by atoms with E-state index < -0.39 is 18.2 Å². The summed E-state index contributed by atoms with van der Waals surface area (Å²) in [4.78, 5) is 5.98. The SMILES string of the molecule is C[C@@H](Oc1ccc2[nH]nc(-c3ccc(N4CC(N)(Cc5cnn(C(F)F)c5)C4)nn3)c2c1)c1c(Cl)cncc1Cl. The van der Waals surface area contributed by atoms with Crippen LogP contribution in [0.25, 0.3) is 22.3 Å². The van der Waals surface area contributed by atoms with Crippen molar-refractivity contribution in [3.63, 3.8) is 0 Å². The molecule has 1 fully saturated rings. The predicted molar refractivity (Wildman–Crippen MR) is 147 cm³/mol. The standard InChI is InChI=1S/C26H23Cl2F2N9O/c1-14(23-18(27)9-32-10-19(23)28)40-16-2-3-20-17(6-16)24(37-34-20)21-4-5-22(36-35-21)38-12-26(31,13-38)7-15-8-33-39(11-15)25(29)30/h2-6,8-11,14,25H,7,12-13,31H2,1H3,(H,34,37)/t14-/m1/s1. The molecule has 0 spiro atoms. The van der Waals surface area contributed by atoms with Crippen LogP contribution in [0.4, 0.5) is 14.6 Å². The monoisotopic (exact) mass is 585 g/mol. The van der Waals surface area contributed by atoms with Crippen molar-refractivity contribution < 1.29 is 13.5 Å². The Kier molecular flexibility index (Phi) is 6.77. The average molecular weight is 586 g/mol. The molecule has 1 saturated heterocycles. The van der Waals surface area contributed by atoms with Crippen LogP contribution in [-0.2, 0) is 6.42 Å². The van der Waals surface area contributed by atoms with Crippen molar-refractivity contribution in [3.8, 4) is 17.1 Å². The number of nitrogens with zero attached hydrogens (tertiary/aromatic N) is 7. The van der Waals surface area contributed by atoms with Crippen LogP contribution < -0.4 is 15.4 Å². The molecule has 5 aromatic rings. The Bertz CT molecular complexity index is 1650. The second-order valence-electron chi connectivity index (χ2n) is 9.83. The molecule has 6 rings (SSSR count). The summed E-state index contributed by atoms with van der Waals surface area (Å²) in [7, 11) is 0. The Hall–Kier alpha value is -3.87. The molecule has 0 aliphatic carbocycles. The molecule has 1 atom stereocenters. The van der Waals surface area contributed by atoms with Crippen LogP contribution in [0.5, 0.6) is 5.75 Å². The molecule has 0 unspecified atom stereocenters. The van der Waals surface area contributed by atoms with E-state index in [2.05, 4.69) is 30.5 Å². The molecule has 10 nitrogen and oxygen atoms in total. The summed E-state index contributed by atoms with van der Waals surface area (Å²) in [6.07, 6.45) is 5.83. The molecule has 0 radical (unpaired) electrons. The minimum Gasteiger partial charge on any atom is -0.486 e. The first-order valence-electron chi connectivity index (χ1n) is 12.3. The summed E-state index contributed by atoms with van der Waals surface area (Å²) in [5, 5.41) is 21.6. The molecule has 1 aliphatic heterocycles. The Labute approximate surface area is 237 Å². The van der Waals surface area contributed by atoms with Crippen molar-refractivity contribution in [1.29, 1.82) is 0 Å². The Balaban J connectivity index is 1.15. The maximum absolute atomic E-state index is 12.8. The van der Waals surface area contributed by atoms with Crippen LogP contribution in [-0.4, -0.2) is 53.8 Å². The third kappa shape index (κ3) is 5.05. The lowest BCUT2D eigenvalue weighted by molar-refractivity contribution is 0.0565. The van der Waals surface area contributed by atoms with Crippen molar-refractivity contribution in [1.82, 2.24) is 35.2 Å². The molecule has 1 aromatic carbocycles. The van der Waals surface area contributed by atoms with Gasteiger partial charge in [0.15, 0.2) is 5.82 Å². The van der Waals surface area contributed by atoms with E-state index in [4.69, 9.17) is 33.7 Å². The molecule has 0 amide bonds. The van der Waals surface area contributed by atoms with Crippen LogP contribution in [0.15, 0.2) is 55.1 Å². The van der Waals surface area contributed by atoms with Gasteiger partial charge in [0.1, 0.15) is 23.2 Å². The number of nitrogens with one attached hydrogen (secondary N) is 1. The second-order valence-corrected chi connectivity index (χ2v) is 10.6. The summed E-state index contributed by atoms with van der Waals surface area (Å²) >= 11 is 12.6. The summed E-state index contributed by atoms with van der Waals surface area (Å²) in [5.74, 6) is 1.27. The topological polar surface area (TPSA) is 124 Å². The highest BCUT2D eigenvalue weighted by molar-refractivity contribution is 6.35. The maximum atomic E-state index is 12.8. The maximum Gasteiger partial charge on any atom is 0.333 e. The van der Waals surface area contributed by atoms with Gasteiger partial charge < -0.3 is 15.4 Å². The Morgan fingerprint density at radius 1 is 1.10 bits per heavy atom. The van der Waals surface area contributed by atoms with Gasteiger partial charge in [0, 0.05) is 42.6 Å². The molecular formula is C26H23Cl2F2N9O. The number of alkyl halides is 2. The third-order valence-corrected chi connectivity index (χ3v) is 7.39. The van der Waals surface area contributed by atoms with Gasteiger partial charge in [-0.1, -0.05) is 23.2 Å². The van der Waals surface area contributed by atoms with Crippen molar-refractivity contribution in [2.24, 2.45) is 5.73 Å². The molecule has 40 heavy (non-hydrogen) atoms. The van der Waals surface area contributed by atoms with Crippen molar-refractivity contribution in [2.75, 3.05) is 18.0 Å². The van der Waals surface area contributed by atoms with E-state index in [0.717, 1.165) is 10.9 Å². The number of rotatable bonds is 8. The van der Waals surface area contributed by atoms with Gasteiger partial charge in [-0.15, -0.1) is 10.2 Å². The number of nitrogens with two attached hydrogens (primary N) is 1. The molecule has 4 aromatic heterocycles. The average Bonchev–Trinajstić information content (AvgIpc) is 3.54. The highest BCUT2D eigenvalue weighted by atomic mass is 35.5. The first-order chi connectivity index (χ1) is 19.2. The van der Waals surface area contributed by atoms with Crippen LogP contribution in [0.2, 0.25) is 10.0 Å². The number of aromatic amines is 1. The number of anilines is 1. The van der Waals surface area contributed by atoms with Gasteiger partial charge in [0.2, 0.25) is 0 Å². The van der Waals surface area contributed by atoms with E-state index in [9.17, 15) is 8.78 Å². The van der Waals surface area contributed by atoms with E-state index in [1.165, 1.54) is 24.8 Å². The predicted octanol–water partition coefficient (Wildman–Crippen LogP) is 5.21. The highest BCUT2D eigenvalue weighted by Gasteiger charge is 2.40. The molecular weight excluding hydrogens is 563 g/mol. The van der Waals surface area contributed by atoms with Gasteiger partial charge in [0.05, 0.1) is 27.3 Å². The fourth-order valence-electron chi connectivity index (χ4n) is 4.92. The van der Waals surface area contributed by atoms with Crippen LogP contribution >= 0.6 is 23.2 Å². The lowest BCUT2D eigenvalue weighted by atomic mass is 9.85. The molecule has 14 heteroatoms. The smallest absolute Gasteiger partial charge is 0.333 e. The molecule has 0 bridgehead atoms. The summed E-state index contributed by atoms with van der Waals surface area (Å²) in [6.45, 7) is 0.210. The zero-order valence-corrected chi connectivity index (χ0v) is 22.6. The molecule has 5 heterocycles. The Morgan fingerprint density at radius 3 is 2.55 bits per heavy atom. The van der Waals surface area contributed by atoms with E-state index in [-0.39, 0.29) is 0 Å². The minimum absolute atomic E-state index is 0.415. The zero-order valence-electron chi connectivity index (χ0n) is 21.1. The molecule has 206 valence electrons. The van der Waals surface area contributed by atoms with Crippen LogP contribution in [0, 0.1) is 0 Å². The third-order valence-electron chi connectivity index (χ3n) is 6.78. The summed E-state index contributed by atoms with van der Waals surface area (Å²) < 4.78 is 32.4. The summed E-state index contributed by atoms with van der Waals surface area (Å²) in [6, 6.07) is 9.27. The number of benzene rings is 1. The first kappa shape index (κ1) is 26.4. The second kappa shape index (κ2) is 10.3. The number of hydrogen-bond acceptors (Lipinski definition) is 8. The number of halogens is 4.